The SMILES string of the molecule is CCC(CC)N1C(=O)C2=C(NN=C(OC(=O)c3ccccc3)C(=O)C(F)(F)F)C=CC(C)C2C1=O. The lowest BCUT2D eigenvalue weighted by Crippen LogP contribution is -2.40. The number of hydrogen-bond donors (Lipinski definition) is 1. The first-order valence-electron chi connectivity index (χ1n) is 11.0. The molecule has 0 spiro atoms. The molecule has 3 rings (SSSR count). The van der Waals surface area contributed by atoms with E-state index in [9.17, 15) is 32.3 Å². The monoisotopic (exact) mass is 491 g/mol. The van der Waals surface area contributed by atoms with E-state index >= 15 is 0 Å². The highest BCUT2D eigenvalue weighted by molar-refractivity contribution is 6.40. The summed E-state index contributed by atoms with van der Waals surface area (Å²) < 4.78 is 44.1. The highest BCUT2D eigenvalue weighted by Gasteiger charge is 2.50. The third-order valence-corrected chi connectivity index (χ3v) is 5.88. The number of ether oxygens (including phenoxy) is 1. The van der Waals surface area contributed by atoms with Crippen LogP contribution in [0.2, 0.25) is 0 Å². The topological polar surface area (TPSA) is 105 Å². The molecule has 0 bridgehead atoms. The zero-order valence-corrected chi connectivity index (χ0v) is 19.3. The molecule has 186 valence electrons. The second-order valence-electron chi connectivity index (χ2n) is 8.12. The molecule has 2 amide bonds. The Balaban J connectivity index is 1.98. The lowest BCUT2D eigenvalue weighted by Gasteiger charge is -2.24. The molecule has 0 saturated carbocycles. The first-order chi connectivity index (χ1) is 16.5. The maximum Gasteiger partial charge on any atom is 0.460 e. The minimum Gasteiger partial charge on any atom is -0.398 e. The largest absolute Gasteiger partial charge is 0.460 e. The summed E-state index contributed by atoms with van der Waals surface area (Å²) in [7, 11) is 0. The second kappa shape index (κ2) is 10.2. The van der Waals surface area contributed by atoms with Crippen LogP contribution in [0.5, 0.6) is 0 Å². The van der Waals surface area contributed by atoms with Gasteiger partial charge in [0.1, 0.15) is 0 Å². The van der Waals surface area contributed by atoms with Crippen LogP contribution in [0.3, 0.4) is 0 Å². The molecular formula is C24H24F3N3O5. The Bertz CT molecular complexity index is 1120. The summed E-state index contributed by atoms with van der Waals surface area (Å²) >= 11 is 0. The van der Waals surface area contributed by atoms with Gasteiger partial charge in [-0.05, 0) is 37.0 Å². The van der Waals surface area contributed by atoms with Gasteiger partial charge in [-0.1, -0.05) is 45.0 Å². The number of allylic oxidation sites excluding steroid dienone is 2. The average Bonchev–Trinajstić information content (AvgIpc) is 3.09. The van der Waals surface area contributed by atoms with Crippen molar-refractivity contribution >= 4 is 29.5 Å². The van der Waals surface area contributed by atoms with Crippen molar-refractivity contribution in [1.29, 1.82) is 0 Å². The van der Waals surface area contributed by atoms with Gasteiger partial charge >= 0.3 is 17.9 Å². The number of carbonyl (C=O) groups excluding carboxylic acids is 4. The van der Waals surface area contributed by atoms with E-state index in [1.807, 2.05) is 13.8 Å². The standard InChI is InChI=1S/C24H24F3N3O5/c1-4-15(5-2)30-21(32)17-13(3)11-12-16(18(17)22(30)33)28-29-20(19(31)24(25,26)27)35-23(34)14-9-7-6-8-10-14/h6-13,15,17,28H,4-5H2,1-3H3. The fraction of sp³-hybridized carbons (Fsp3) is 0.375. The van der Waals surface area contributed by atoms with Crippen LogP contribution in [0.25, 0.3) is 0 Å². The van der Waals surface area contributed by atoms with Gasteiger partial charge in [0.25, 0.3) is 11.8 Å². The number of nitrogens with zero attached hydrogens (tertiary/aromatic N) is 2. The molecule has 1 aromatic rings. The fourth-order valence-corrected chi connectivity index (χ4v) is 4.03. The van der Waals surface area contributed by atoms with E-state index in [-0.39, 0.29) is 28.8 Å². The quantitative estimate of drug-likeness (QED) is 0.206. The summed E-state index contributed by atoms with van der Waals surface area (Å²) in [6, 6.07) is 6.76. The molecule has 35 heavy (non-hydrogen) atoms. The van der Waals surface area contributed by atoms with E-state index in [2.05, 4.69) is 15.3 Å². The van der Waals surface area contributed by atoms with E-state index in [1.54, 1.807) is 19.1 Å². The summed E-state index contributed by atoms with van der Waals surface area (Å²) in [6.45, 7) is 5.42. The number of hydrogen-bond acceptors (Lipinski definition) is 7. The first kappa shape index (κ1) is 25.9. The number of Topliss-reactive ketones (excluding diaryl/α,β-unsaturated/α-hetero) is 1. The number of benzene rings is 1. The number of nitrogens with one attached hydrogen (secondary N) is 1. The van der Waals surface area contributed by atoms with Crippen molar-refractivity contribution in [2.24, 2.45) is 16.9 Å². The van der Waals surface area contributed by atoms with Gasteiger partial charge in [-0.25, -0.2) is 4.79 Å². The summed E-state index contributed by atoms with van der Waals surface area (Å²) in [5, 5.41) is 3.40. The number of ketones is 1. The van der Waals surface area contributed by atoms with Crippen molar-refractivity contribution in [2.75, 3.05) is 0 Å². The Kier molecular flexibility index (Phi) is 7.57. The molecule has 1 saturated heterocycles. The van der Waals surface area contributed by atoms with Gasteiger partial charge < -0.3 is 4.74 Å². The molecule has 2 atom stereocenters. The highest BCUT2D eigenvalue weighted by Crippen LogP contribution is 2.39. The molecule has 0 aromatic heterocycles. The molecule has 1 heterocycles. The van der Waals surface area contributed by atoms with E-state index in [0.717, 1.165) is 0 Å². The number of rotatable bonds is 7. The number of amides is 2. The maximum atomic E-state index is 13.2. The lowest BCUT2D eigenvalue weighted by atomic mass is 9.83. The normalized spacial score (nSPS) is 20.4. The molecule has 1 aliphatic heterocycles. The Morgan fingerprint density at radius 3 is 2.34 bits per heavy atom. The third kappa shape index (κ3) is 5.18. The molecule has 1 N–H and O–H groups in total. The minimum absolute atomic E-state index is 0.0360. The van der Waals surface area contributed by atoms with Gasteiger partial charge in [0, 0.05) is 6.04 Å². The van der Waals surface area contributed by atoms with Crippen LogP contribution in [-0.2, 0) is 19.1 Å². The lowest BCUT2D eigenvalue weighted by molar-refractivity contribution is -0.164. The number of alkyl halides is 3. The average molecular weight is 491 g/mol. The summed E-state index contributed by atoms with van der Waals surface area (Å²) in [6.07, 6.45) is -1.29. The second-order valence-corrected chi connectivity index (χ2v) is 8.12. The molecule has 11 heteroatoms. The van der Waals surface area contributed by atoms with Crippen LogP contribution in [0.1, 0.15) is 44.0 Å². The number of likely N-dealkylation sites (tertiary alicyclic amines) is 1. The van der Waals surface area contributed by atoms with Crippen molar-refractivity contribution in [1.82, 2.24) is 10.3 Å². The van der Waals surface area contributed by atoms with Gasteiger partial charge in [-0.15, -0.1) is 5.10 Å². The Morgan fingerprint density at radius 1 is 1.14 bits per heavy atom. The van der Waals surface area contributed by atoms with Crippen molar-refractivity contribution < 1.29 is 37.1 Å². The zero-order valence-electron chi connectivity index (χ0n) is 19.3. The Hall–Kier alpha value is -3.76. The molecular weight excluding hydrogens is 467 g/mol. The van der Waals surface area contributed by atoms with Crippen LogP contribution >= 0.6 is 0 Å². The Morgan fingerprint density at radius 2 is 1.77 bits per heavy atom. The fourth-order valence-electron chi connectivity index (χ4n) is 4.03. The van der Waals surface area contributed by atoms with Crippen LogP contribution < -0.4 is 5.43 Å². The number of fused-ring (bicyclic) bond motifs is 1. The molecule has 2 aliphatic rings. The van der Waals surface area contributed by atoms with Gasteiger partial charge in [-0.3, -0.25) is 24.7 Å². The Labute approximate surface area is 199 Å². The third-order valence-electron chi connectivity index (χ3n) is 5.88. The van der Waals surface area contributed by atoms with E-state index in [4.69, 9.17) is 0 Å². The van der Waals surface area contributed by atoms with E-state index in [1.165, 1.54) is 35.2 Å². The van der Waals surface area contributed by atoms with E-state index in [0.29, 0.717) is 12.8 Å². The zero-order chi connectivity index (χ0) is 25.9. The van der Waals surface area contributed by atoms with Crippen LogP contribution in [-0.4, -0.2) is 46.6 Å². The molecule has 8 nitrogen and oxygen atoms in total. The van der Waals surface area contributed by atoms with Gasteiger partial charge in [0.05, 0.1) is 22.8 Å². The molecule has 1 fully saturated rings. The van der Waals surface area contributed by atoms with E-state index < -0.39 is 41.6 Å². The number of hydrazone groups is 1. The van der Waals surface area contributed by atoms with Gasteiger partial charge in [-0.2, -0.15) is 13.2 Å². The minimum atomic E-state index is -5.37. The number of carbonyl (C=O) groups is 4. The molecule has 2 unspecified atom stereocenters. The molecule has 1 aromatic carbocycles. The number of imide groups is 1. The summed E-state index contributed by atoms with van der Waals surface area (Å²) in [5.74, 6) is -7.43. The molecule has 0 radical (unpaired) electrons. The summed E-state index contributed by atoms with van der Waals surface area (Å²) in [4.78, 5) is 51.5. The number of halogens is 3. The van der Waals surface area contributed by atoms with Crippen LogP contribution in [0.4, 0.5) is 13.2 Å². The smallest absolute Gasteiger partial charge is 0.398 e. The predicted octanol–water partition coefficient (Wildman–Crippen LogP) is 3.51. The van der Waals surface area contributed by atoms with Crippen molar-refractivity contribution in [2.45, 2.75) is 45.8 Å². The first-order valence-corrected chi connectivity index (χ1v) is 11.0. The van der Waals surface area contributed by atoms with Crippen LogP contribution in [0.15, 0.2) is 58.9 Å². The maximum absolute atomic E-state index is 13.2. The highest BCUT2D eigenvalue weighted by atomic mass is 19.4. The predicted molar refractivity (Wildman–Crippen MR) is 119 cm³/mol. The van der Waals surface area contributed by atoms with Gasteiger partial charge in [0.2, 0.25) is 5.91 Å². The van der Waals surface area contributed by atoms with Crippen molar-refractivity contribution in [3.63, 3.8) is 0 Å². The summed E-state index contributed by atoms with van der Waals surface area (Å²) in [5.41, 5.74) is 2.14. The van der Waals surface area contributed by atoms with Gasteiger partial charge in [0.15, 0.2) is 0 Å². The van der Waals surface area contributed by atoms with Crippen molar-refractivity contribution in [3.8, 4) is 0 Å². The number of esters is 1. The molecule has 1 aliphatic carbocycles. The van der Waals surface area contributed by atoms with Crippen LogP contribution in [0, 0.1) is 11.8 Å². The van der Waals surface area contributed by atoms with Crippen molar-refractivity contribution in [3.05, 3.63) is 59.3 Å².